The summed E-state index contributed by atoms with van der Waals surface area (Å²) in [4.78, 5) is 21.6. The Morgan fingerprint density at radius 3 is 2.22 bits per heavy atom. The number of aromatic nitrogens is 2. The fraction of sp³-hybridized carbons (Fsp3) is 0.488. The third kappa shape index (κ3) is 7.63. The number of carbonyl (C=O) groups excluding carboxylic acids is 1. The second-order valence-electron chi connectivity index (χ2n) is 14.6. The normalized spacial score (nSPS) is 13.8. The molecule has 0 aliphatic heterocycles. The summed E-state index contributed by atoms with van der Waals surface area (Å²) >= 11 is 0. The van der Waals surface area contributed by atoms with E-state index < -0.39 is 0 Å². The van der Waals surface area contributed by atoms with Crippen molar-refractivity contribution < 1.29 is 30.0 Å². The summed E-state index contributed by atoms with van der Waals surface area (Å²) in [6.45, 7) is 23.9. The molecule has 46 heavy (non-hydrogen) atoms. The molecule has 1 N–H and O–H groups in total. The first kappa shape index (κ1) is 37.6. The maximum atomic E-state index is 11.7. The number of nitrogens with zero attached hydrogens (tertiary/aromatic N) is 2. The topological polar surface area (TPSA) is 63.1 Å². The van der Waals surface area contributed by atoms with Gasteiger partial charge in [-0.05, 0) is 102 Å². The monoisotopic (exact) mass is 798 g/mol. The number of aryl methyl sites for hydroxylation is 2. The van der Waals surface area contributed by atoms with Gasteiger partial charge in [-0.15, -0.1) is 17.7 Å². The van der Waals surface area contributed by atoms with Crippen LogP contribution in [0, 0.1) is 37.2 Å². The predicted molar refractivity (Wildman–Crippen MR) is 190 cm³/mol. The van der Waals surface area contributed by atoms with Crippen molar-refractivity contribution in [2.24, 2.45) is 17.3 Å². The molecule has 0 saturated heterocycles. The second kappa shape index (κ2) is 14.9. The molecule has 2 heterocycles. The van der Waals surface area contributed by atoms with Crippen LogP contribution < -0.4 is 0 Å². The van der Waals surface area contributed by atoms with Crippen LogP contribution in [0.5, 0.6) is 0 Å². The van der Waals surface area contributed by atoms with Gasteiger partial charge in [0.2, 0.25) is 0 Å². The molecule has 1 aliphatic carbocycles. The van der Waals surface area contributed by atoms with E-state index in [1.54, 1.807) is 0 Å². The van der Waals surface area contributed by atoms with Gasteiger partial charge in [-0.3, -0.25) is 9.78 Å². The third-order valence-corrected chi connectivity index (χ3v) is 9.52. The molecule has 249 valence electrons. The molecule has 1 radical (unpaired) electrons. The molecule has 0 unspecified atom stereocenters. The van der Waals surface area contributed by atoms with Crippen LogP contribution in [0.15, 0.2) is 48.4 Å². The van der Waals surface area contributed by atoms with Crippen LogP contribution >= 0.6 is 0 Å². The number of rotatable bonds is 8. The Morgan fingerprint density at radius 1 is 1.00 bits per heavy atom. The van der Waals surface area contributed by atoms with E-state index in [1.807, 2.05) is 33.9 Å². The maximum Gasteiger partial charge on any atom is 0.162 e. The van der Waals surface area contributed by atoms with Crippen LogP contribution in [0.2, 0.25) is 0 Å². The first-order valence-corrected chi connectivity index (χ1v) is 16.9. The fourth-order valence-corrected chi connectivity index (χ4v) is 7.04. The summed E-state index contributed by atoms with van der Waals surface area (Å²) in [6, 6.07) is 14.8. The molecule has 2 aromatic heterocycles. The second-order valence-corrected chi connectivity index (χ2v) is 14.6. The van der Waals surface area contributed by atoms with E-state index in [1.165, 1.54) is 44.5 Å². The quantitative estimate of drug-likeness (QED) is 0.110. The molecule has 5 heteroatoms. The number of hydrogen-bond acceptors (Lipinski definition) is 4. The van der Waals surface area contributed by atoms with E-state index in [2.05, 4.69) is 84.9 Å². The Balaban J connectivity index is 0.000000309. The first-order chi connectivity index (χ1) is 21.2. The molecular formula is C41H53IrN2O2-. The molecule has 0 bridgehead atoms. The number of hydrogen-bond donors (Lipinski definition) is 1. The number of benzene rings is 2. The molecule has 4 nitrogen and oxygen atoms in total. The van der Waals surface area contributed by atoms with E-state index in [0.29, 0.717) is 0 Å². The zero-order valence-electron chi connectivity index (χ0n) is 29.8. The van der Waals surface area contributed by atoms with Crippen molar-refractivity contribution in [3.8, 4) is 11.3 Å². The van der Waals surface area contributed by atoms with Gasteiger partial charge < -0.3 is 10.1 Å². The van der Waals surface area contributed by atoms with Crippen molar-refractivity contribution in [3.63, 3.8) is 0 Å². The number of aliphatic hydroxyl groups is 1. The average molecular weight is 798 g/mol. The van der Waals surface area contributed by atoms with E-state index in [9.17, 15) is 9.90 Å². The van der Waals surface area contributed by atoms with Crippen LogP contribution in [-0.4, -0.2) is 20.9 Å². The van der Waals surface area contributed by atoms with Gasteiger partial charge in [0.1, 0.15) is 0 Å². The molecule has 1 aliphatic rings. The van der Waals surface area contributed by atoms with Crippen LogP contribution in [0.3, 0.4) is 0 Å². The molecule has 0 fully saturated rings. The van der Waals surface area contributed by atoms with Gasteiger partial charge in [0.15, 0.2) is 5.78 Å². The van der Waals surface area contributed by atoms with E-state index in [-0.39, 0.29) is 54.3 Å². The third-order valence-electron chi connectivity index (χ3n) is 9.52. The number of fused-ring (bicyclic) bond motifs is 4. The van der Waals surface area contributed by atoms with Gasteiger partial charge in [-0.1, -0.05) is 91.0 Å². The van der Waals surface area contributed by atoms with Crippen molar-refractivity contribution in [1.82, 2.24) is 9.97 Å². The molecule has 0 saturated carbocycles. The maximum absolute atomic E-state index is 11.7. The van der Waals surface area contributed by atoms with Crippen LogP contribution in [-0.2, 0) is 36.7 Å². The van der Waals surface area contributed by atoms with E-state index in [0.717, 1.165) is 54.6 Å². The minimum absolute atomic E-state index is 0. The molecule has 2 aromatic carbocycles. The standard InChI is InChI=1S/C28H29N2.C13H24O2.Ir/c1-16-12-17(2)30-26-20(16)8-9-21-24(26)28(6,7)22-14-18(15-27(3,4)5)13-19-10-11-29-25(21)23(19)22;1-5-10(6-2)12(14)9-13(15)11(7-3)8-4;/h8,10-14H,15H2,1-7H3;9-11,14H,5-8H2,1-4H3;/q-1;;/b;12-9-;. The SMILES string of the molecule is CCC(CC)C(=O)/C=C(\O)C(CC)CC.Cc1cc(C)c2c[c-]c3c(c2n1)C(C)(C)c1cc(CC(C)(C)C)cc2ccnc-3c12.[Ir]. The van der Waals surface area contributed by atoms with Crippen LogP contribution in [0.25, 0.3) is 32.9 Å². The Kier molecular flexibility index (Phi) is 12.2. The number of carbonyl (C=O) groups is 1. The largest absolute Gasteiger partial charge is 0.512 e. The van der Waals surface area contributed by atoms with Crippen LogP contribution in [0.1, 0.15) is 116 Å². The molecule has 0 spiro atoms. The Morgan fingerprint density at radius 2 is 1.63 bits per heavy atom. The number of ketones is 1. The first-order valence-electron chi connectivity index (χ1n) is 16.9. The Labute approximate surface area is 290 Å². The van der Waals surface area contributed by atoms with Gasteiger partial charge in [-0.2, -0.15) is 0 Å². The minimum atomic E-state index is -0.180. The summed E-state index contributed by atoms with van der Waals surface area (Å²) in [5, 5.41) is 13.5. The number of pyridine rings is 2. The summed E-state index contributed by atoms with van der Waals surface area (Å²) in [7, 11) is 0. The van der Waals surface area contributed by atoms with Gasteiger partial charge >= 0.3 is 0 Å². The Hall–Kier alpha value is -2.88. The molecular weight excluding hydrogens is 745 g/mol. The van der Waals surface area contributed by atoms with Crippen molar-refractivity contribution >= 4 is 27.5 Å². The van der Waals surface area contributed by atoms with E-state index in [4.69, 9.17) is 9.97 Å². The van der Waals surface area contributed by atoms with Gasteiger partial charge in [0, 0.05) is 49.9 Å². The van der Waals surface area contributed by atoms with Gasteiger partial charge in [0.05, 0.1) is 5.76 Å². The summed E-state index contributed by atoms with van der Waals surface area (Å²) < 4.78 is 0. The molecule has 0 atom stereocenters. The fourth-order valence-electron chi connectivity index (χ4n) is 7.04. The zero-order chi connectivity index (χ0) is 33.3. The average Bonchev–Trinajstić information content (AvgIpc) is 2.96. The van der Waals surface area contributed by atoms with Crippen molar-refractivity contribution in [3.05, 3.63) is 82.4 Å². The molecule has 0 amide bonds. The van der Waals surface area contributed by atoms with Crippen LogP contribution in [0.4, 0.5) is 0 Å². The molecule has 5 rings (SSSR count). The minimum Gasteiger partial charge on any atom is -0.512 e. The molecule has 4 aromatic rings. The zero-order valence-corrected chi connectivity index (χ0v) is 32.2. The Bertz CT molecular complexity index is 1740. The number of aliphatic hydroxyl groups excluding tert-OH is 1. The number of allylic oxidation sites excluding steroid dienone is 2. The summed E-state index contributed by atoms with van der Waals surface area (Å²) in [5.41, 5.74) is 9.62. The smallest absolute Gasteiger partial charge is 0.162 e. The van der Waals surface area contributed by atoms with E-state index >= 15 is 0 Å². The predicted octanol–water partition coefficient (Wildman–Crippen LogP) is 11.0. The van der Waals surface area contributed by atoms with Gasteiger partial charge in [0.25, 0.3) is 0 Å². The summed E-state index contributed by atoms with van der Waals surface area (Å²) in [5.74, 6) is 0.547. The summed E-state index contributed by atoms with van der Waals surface area (Å²) in [6.07, 6.45) is 7.90. The van der Waals surface area contributed by atoms with Crippen molar-refractivity contribution in [1.29, 1.82) is 0 Å². The van der Waals surface area contributed by atoms with Gasteiger partial charge in [-0.25, -0.2) is 0 Å². The van der Waals surface area contributed by atoms with Crippen molar-refractivity contribution in [2.45, 2.75) is 114 Å². The van der Waals surface area contributed by atoms with Crippen molar-refractivity contribution in [2.75, 3.05) is 0 Å².